The molecule has 1 aliphatic heterocycles. The van der Waals surface area contributed by atoms with Gasteiger partial charge < -0.3 is 9.88 Å². The number of pyridine rings is 1. The lowest BCUT2D eigenvalue weighted by Crippen LogP contribution is -2.14. The van der Waals surface area contributed by atoms with E-state index in [0.717, 1.165) is 64.7 Å². The minimum absolute atomic E-state index is 0.0338. The van der Waals surface area contributed by atoms with Gasteiger partial charge in [-0.05, 0) is 61.3 Å². The smallest absolute Gasteiger partial charge is 0.141 e. The molecule has 6 rings (SSSR count). The quantitative estimate of drug-likeness (QED) is 0.421. The molecule has 0 radical (unpaired) electrons. The van der Waals surface area contributed by atoms with Crippen molar-refractivity contribution in [2.45, 2.75) is 13.0 Å². The fraction of sp³-hybridized carbons (Fsp3) is 0.192. The van der Waals surface area contributed by atoms with Crippen molar-refractivity contribution >= 4 is 21.8 Å². The van der Waals surface area contributed by atoms with Crippen LogP contribution in [0, 0.1) is 23.1 Å². The van der Waals surface area contributed by atoms with Crippen LogP contribution in [0.15, 0.2) is 61.1 Å². The molecule has 3 aromatic heterocycles. The molecule has 1 saturated heterocycles. The molecule has 1 fully saturated rings. The summed E-state index contributed by atoms with van der Waals surface area (Å²) in [6.07, 6.45) is 6.95. The standard InChI is InChI=1S/C26H21FN6/c27-22-10-17(1-2-19(22)11-28)25-21-6-8-33(15-16-5-7-29-12-16)24(21)14-30-26(25)18-3-4-23-20(9-18)13-31-32-23/h1-4,6,8-10,13-14,16,29H,5,7,12,15H2,(H,31,32)/t16-/m1/s1. The summed E-state index contributed by atoms with van der Waals surface area (Å²) in [5.74, 6) is 0.0549. The number of aromatic amines is 1. The van der Waals surface area contributed by atoms with E-state index in [1.807, 2.05) is 30.5 Å². The summed E-state index contributed by atoms with van der Waals surface area (Å²) < 4.78 is 16.9. The van der Waals surface area contributed by atoms with E-state index in [-0.39, 0.29) is 5.56 Å². The van der Waals surface area contributed by atoms with Crippen molar-refractivity contribution in [2.75, 3.05) is 13.1 Å². The van der Waals surface area contributed by atoms with Gasteiger partial charge in [-0.25, -0.2) is 4.39 Å². The first-order valence-electron chi connectivity index (χ1n) is 11.0. The van der Waals surface area contributed by atoms with Gasteiger partial charge in [0, 0.05) is 34.6 Å². The zero-order valence-corrected chi connectivity index (χ0v) is 17.8. The molecule has 0 amide bonds. The van der Waals surface area contributed by atoms with Gasteiger partial charge in [-0.15, -0.1) is 0 Å². The van der Waals surface area contributed by atoms with Crippen LogP contribution in [0.3, 0.4) is 0 Å². The van der Waals surface area contributed by atoms with Crippen LogP contribution in [-0.2, 0) is 6.54 Å². The van der Waals surface area contributed by atoms with Crippen molar-refractivity contribution in [1.82, 2.24) is 25.1 Å². The van der Waals surface area contributed by atoms with Crippen LogP contribution in [0.1, 0.15) is 12.0 Å². The highest BCUT2D eigenvalue weighted by molar-refractivity contribution is 6.02. The average molecular weight is 436 g/mol. The van der Waals surface area contributed by atoms with Crippen molar-refractivity contribution in [3.8, 4) is 28.5 Å². The third kappa shape index (κ3) is 3.36. The lowest BCUT2D eigenvalue weighted by molar-refractivity contribution is 0.491. The van der Waals surface area contributed by atoms with Gasteiger partial charge in [0.25, 0.3) is 0 Å². The van der Waals surface area contributed by atoms with Gasteiger partial charge in [-0.1, -0.05) is 12.1 Å². The largest absolute Gasteiger partial charge is 0.346 e. The first-order valence-corrected chi connectivity index (χ1v) is 11.0. The van der Waals surface area contributed by atoms with E-state index in [2.05, 4.69) is 32.3 Å². The fourth-order valence-electron chi connectivity index (χ4n) is 4.83. The van der Waals surface area contributed by atoms with Crippen LogP contribution in [0.4, 0.5) is 4.39 Å². The zero-order chi connectivity index (χ0) is 22.4. The molecule has 0 unspecified atom stereocenters. The fourth-order valence-corrected chi connectivity index (χ4v) is 4.83. The number of halogens is 1. The van der Waals surface area contributed by atoms with Crippen LogP contribution in [0.5, 0.6) is 0 Å². The van der Waals surface area contributed by atoms with Gasteiger partial charge in [0.15, 0.2) is 0 Å². The van der Waals surface area contributed by atoms with E-state index in [0.29, 0.717) is 11.5 Å². The third-order valence-electron chi connectivity index (χ3n) is 6.54. The molecule has 162 valence electrons. The molecule has 1 aliphatic rings. The summed E-state index contributed by atoms with van der Waals surface area (Å²) in [6.45, 7) is 2.99. The molecular formula is C26H21FN6. The molecule has 0 aliphatic carbocycles. The van der Waals surface area contributed by atoms with Crippen LogP contribution in [0.2, 0.25) is 0 Å². The topological polar surface area (TPSA) is 82.3 Å². The highest BCUT2D eigenvalue weighted by Gasteiger charge is 2.20. The number of aromatic nitrogens is 4. The van der Waals surface area contributed by atoms with E-state index in [4.69, 9.17) is 4.98 Å². The first-order chi connectivity index (χ1) is 16.2. The molecule has 2 N–H and O–H groups in total. The van der Waals surface area contributed by atoms with Gasteiger partial charge in [-0.3, -0.25) is 10.1 Å². The number of hydrogen-bond acceptors (Lipinski definition) is 4. The molecule has 5 aromatic rings. The molecule has 7 heteroatoms. The summed E-state index contributed by atoms with van der Waals surface area (Å²) in [4.78, 5) is 4.87. The summed E-state index contributed by atoms with van der Waals surface area (Å²) in [5, 5.41) is 21.7. The van der Waals surface area contributed by atoms with Crippen molar-refractivity contribution in [3.05, 3.63) is 72.4 Å². The minimum Gasteiger partial charge on any atom is -0.346 e. The Balaban J connectivity index is 1.57. The van der Waals surface area contributed by atoms with Crippen LogP contribution < -0.4 is 5.32 Å². The zero-order valence-electron chi connectivity index (χ0n) is 17.8. The lowest BCUT2D eigenvalue weighted by Gasteiger charge is -2.14. The second-order valence-electron chi connectivity index (χ2n) is 8.59. The van der Waals surface area contributed by atoms with E-state index >= 15 is 0 Å². The Labute approximate surface area is 189 Å². The second kappa shape index (κ2) is 7.84. The first kappa shape index (κ1) is 19.6. The highest BCUT2D eigenvalue weighted by atomic mass is 19.1. The minimum atomic E-state index is -0.528. The molecule has 0 spiro atoms. The maximum atomic E-state index is 14.6. The second-order valence-corrected chi connectivity index (χ2v) is 8.59. The average Bonchev–Trinajstić information content (AvgIpc) is 3.60. The number of rotatable bonds is 4. The van der Waals surface area contributed by atoms with Gasteiger partial charge in [0.05, 0.1) is 34.7 Å². The Bertz CT molecular complexity index is 1530. The number of benzene rings is 2. The summed E-state index contributed by atoms with van der Waals surface area (Å²) in [7, 11) is 0. The Hall–Kier alpha value is -4.02. The number of nitrogens with one attached hydrogen (secondary N) is 2. The number of nitrogens with zero attached hydrogens (tertiary/aromatic N) is 4. The molecule has 1 atom stereocenters. The van der Waals surface area contributed by atoms with Crippen LogP contribution in [-0.4, -0.2) is 32.8 Å². The number of nitriles is 1. The Morgan fingerprint density at radius 2 is 2.03 bits per heavy atom. The van der Waals surface area contributed by atoms with Gasteiger partial charge in [0.2, 0.25) is 0 Å². The number of fused-ring (bicyclic) bond motifs is 2. The Morgan fingerprint density at radius 1 is 1.12 bits per heavy atom. The molecule has 4 heterocycles. The molecule has 2 aromatic carbocycles. The van der Waals surface area contributed by atoms with Crippen molar-refractivity contribution in [3.63, 3.8) is 0 Å². The summed E-state index contributed by atoms with van der Waals surface area (Å²) >= 11 is 0. The lowest BCUT2D eigenvalue weighted by atomic mass is 9.95. The van der Waals surface area contributed by atoms with Crippen LogP contribution >= 0.6 is 0 Å². The summed E-state index contributed by atoms with van der Waals surface area (Å²) in [5.41, 5.74) is 5.27. The maximum absolute atomic E-state index is 14.6. The monoisotopic (exact) mass is 436 g/mol. The Morgan fingerprint density at radius 3 is 2.85 bits per heavy atom. The summed E-state index contributed by atoms with van der Waals surface area (Å²) in [6, 6.07) is 14.8. The third-order valence-corrected chi connectivity index (χ3v) is 6.54. The van der Waals surface area contributed by atoms with Crippen molar-refractivity contribution < 1.29 is 4.39 Å². The Kier molecular flexibility index (Phi) is 4.67. The van der Waals surface area contributed by atoms with Gasteiger partial charge >= 0.3 is 0 Å². The number of H-pyrrole nitrogens is 1. The van der Waals surface area contributed by atoms with E-state index in [1.165, 1.54) is 12.1 Å². The van der Waals surface area contributed by atoms with Crippen molar-refractivity contribution in [1.29, 1.82) is 5.26 Å². The molecule has 0 bridgehead atoms. The van der Waals surface area contributed by atoms with Crippen LogP contribution in [0.25, 0.3) is 44.2 Å². The molecule has 33 heavy (non-hydrogen) atoms. The highest BCUT2D eigenvalue weighted by Crippen LogP contribution is 2.38. The van der Waals surface area contributed by atoms with E-state index in [1.54, 1.807) is 12.3 Å². The molecule has 6 nitrogen and oxygen atoms in total. The normalized spacial score (nSPS) is 15.9. The molecule has 0 saturated carbocycles. The molecular weight excluding hydrogens is 415 g/mol. The maximum Gasteiger partial charge on any atom is 0.141 e. The van der Waals surface area contributed by atoms with Crippen molar-refractivity contribution in [2.24, 2.45) is 5.92 Å². The predicted octanol–water partition coefficient (Wildman–Crippen LogP) is 4.87. The van der Waals surface area contributed by atoms with E-state index < -0.39 is 5.82 Å². The number of hydrogen-bond donors (Lipinski definition) is 2. The predicted molar refractivity (Wildman–Crippen MR) is 126 cm³/mol. The SMILES string of the molecule is N#Cc1ccc(-c2c(-c3ccc4[nH]ncc4c3)ncc3c2ccn3C[C@@H]2CCNC2)cc1F. The van der Waals surface area contributed by atoms with E-state index in [9.17, 15) is 9.65 Å². The van der Waals surface area contributed by atoms with Gasteiger partial charge in [0.1, 0.15) is 11.9 Å². The van der Waals surface area contributed by atoms with Gasteiger partial charge in [-0.2, -0.15) is 10.4 Å².